The van der Waals surface area contributed by atoms with Crippen LogP contribution < -0.4 is 10.2 Å². The molecule has 0 bridgehead atoms. The standard InChI is InChI=1S/C27H27N7O/c1-2-25(35)29-18-13-17(15-28-16-18)20-9-10-22-26(31-20)27(33-32-22)23-14-19-21(30-23)7-6-8-24(19)34-11-4-3-5-12-34/h6-10,13-16,30H,2-5,11-12H2,1H3,(H,29,35)(H,32,33). The first-order valence-corrected chi connectivity index (χ1v) is 12.2. The summed E-state index contributed by atoms with van der Waals surface area (Å²) in [5.74, 6) is -0.0489. The number of rotatable bonds is 5. The number of aromatic nitrogens is 5. The molecule has 5 heterocycles. The summed E-state index contributed by atoms with van der Waals surface area (Å²) < 4.78 is 0. The summed E-state index contributed by atoms with van der Waals surface area (Å²) in [5.41, 5.74) is 7.99. The van der Waals surface area contributed by atoms with Gasteiger partial charge in [0.05, 0.1) is 28.8 Å². The minimum Gasteiger partial charge on any atom is -0.371 e. The van der Waals surface area contributed by atoms with Gasteiger partial charge >= 0.3 is 0 Å². The molecule has 1 aromatic carbocycles. The van der Waals surface area contributed by atoms with Gasteiger partial charge in [0.25, 0.3) is 0 Å². The molecule has 1 aliphatic heterocycles. The van der Waals surface area contributed by atoms with Crippen molar-refractivity contribution in [1.29, 1.82) is 0 Å². The number of nitrogens with zero attached hydrogens (tertiary/aromatic N) is 4. The summed E-state index contributed by atoms with van der Waals surface area (Å²) >= 11 is 0. The molecule has 4 aromatic heterocycles. The maximum atomic E-state index is 11.8. The number of fused-ring (bicyclic) bond motifs is 2. The molecule has 5 aromatic rings. The quantitative estimate of drug-likeness (QED) is 0.318. The highest BCUT2D eigenvalue weighted by Crippen LogP contribution is 2.34. The highest BCUT2D eigenvalue weighted by molar-refractivity contribution is 5.99. The average molecular weight is 466 g/mol. The third-order valence-corrected chi connectivity index (χ3v) is 6.64. The molecule has 1 saturated heterocycles. The van der Waals surface area contributed by atoms with Crippen molar-refractivity contribution in [2.45, 2.75) is 32.6 Å². The van der Waals surface area contributed by atoms with Gasteiger partial charge in [0.1, 0.15) is 11.2 Å². The van der Waals surface area contributed by atoms with Crippen molar-refractivity contribution in [2.75, 3.05) is 23.3 Å². The second kappa shape index (κ2) is 8.87. The van der Waals surface area contributed by atoms with Crippen LogP contribution in [0, 0.1) is 0 Å². The number of piperidine rings is 1. The molecule has 8 nitrogen and oxygen atoms in total. The Balaban J connectivity index is 1.39. The monoisotopic (exact) mass is 465 g/mol. The number of aromatic amines is 2. The Morgan fingerprint density at radius 3 is 2.80 bits per heavy atom. The lowest BCUT2D eigenvalue weighted by atomic mass is 10.1. The van der Waals surface area contributed by atoms with Gasteiger partial charge in [-0.25, -0.2) is 4.98 Å². The van der Waals surface area contributed by atoms with Gasteiger partial charge in [-0.3, -0.25) is 14.9 Å². The molecule has 3 N–H and O–H groups in total. The van der Waals surface area contributed by atoms with E-state index in [1.54, 1.807) is 12.4 Å². The Hall–Kier alpha value is -4.20. The van der Waals surface area contributed by atoms with Gasteiger partial charge in [0.15, 0.2) is 0 Å². The minimum absolute atomic E-state index is 0.0489. The van der Waals surface area contributed by atoms with Crippen molar-refractivity contribution < 1.29 is 4.79 Å². The third-order valence-electron chi connectivity index (χ3n) is 6.64. The molecule has 0 atom stereocenters. The Bertz CT molecular complexity index is 1530. The normalized spacial score (nSPS) is 14.0. The fourth-order valence-corrected chi connectivity index (χ4v) is 4.82. The summed E-state index contributed by atoms with van der Waals surface area (Å²) in [5, 5.41) is 11.8. The van der Waals surface area contributed by atoms with Crippen LogP contribution in [0.4, 0.5) is 11.4 Å². The molecule has 35 heavy (non-hydrogen) atoms. The molecule has 1 aliphatic rings. The lowest BCUT2D eigenvalue weighted by molar-refractivity contribution is -0.115. The van der Waals surface area contributed by atoms with Crippen LogP contribution in [-0.4, -0.2) is 44.1 Å². The van der Waals surface area contributed by atoms with Gasteiger partial charge in [-0.1, -0.05) is 13.0 Å². The Kier molecular flexibility index (Phi) is 5.41. The molecule has 0 radical (unpaired) electrons. The molecule has 1 amide bonds. The van der Waals surface area contributed by atoms with Gasteiger partial charge in [0, 0.05) is 47.9 Å². The fraction of sp³-hybridized carbons (Fsp3) is 0.259. The van der Waals surface area contributed by atoms with Crippen LogP contribution in [0.3, 0.4) is 0 Å². The van der Waals surface area contributed by atoms with E-state index >= 15 is 0 Å². The first kappa shape index (κ1) is 21.3. The van der Waals surface area contributed by atoms with E-state index in [1.807, 2.05) is 25.1 Å². The largest absolute Gasteiger partial charge is 0.371 e. The van der Waals surface area contributed by atoms with Crippen LogP contribution in [0.2, 0.25) is 0 Å². The molecule has 8 heteroatoms. The van der Waals surface area contributed by atoms with Crippen LogP contribution in [0.25, 0.3) is 44.6 Å². The number of pyridine rings is 2. The number of H-pyrrole nitrogens is 2. The zero-order chi connectivity index (χ0) is 23.8. The summed E-state index contributed by atoms with van der Waals surface area (Å²) in [6.07, 6.45) is 7.59. The molecule has 0 aliphatic carbocycles. The van der Waals surface area contributed by atoms with Crippen molar-refractivity contribution in [3.05, 3.63) is 54.9 Å². The number of amides is 1. The first-order chi connectivity index (χ1) is 17.2. The third kappa shape index (κ3) is 4.01. The minimum atomic E-state index is -0.0489. The first-order valence-electron chi connectivity index (χ1n) is 12.2. The number of benzene rings is 1. The number of hydrogen-bond donors (Lipinski definition) is 3. The average Bonchev–Trinajstić information content (AvgIpc) is 3.53. The van der Waals surface area contributed by atoms with E-state index in [-0.39, 0.29) is 5.91 Å². The number of hydrogen-bond acceptors (Lipinski definition) is 5. The van der Waals surface area contributed by atoms with E-state index in [0.29, 0.717) is 12.1 Å². The second-order valence-corrected chi connectivity index (χ2v) is 9.00. The van der Waals surface area contributed by atoms with Gasteiger partial charge in [0.2, 0.25) is 5.91 Å². The number of anilines is 2. The van der Waals surface area contributed by atoms with Crippen molar-refractivity contribution in [2.24, 2.45) is 0 Å². The van der Waals surface area contributed by atoms with Crippen LogP contribution >= 0.6 is 0 Å². The SMILES string of the molecule is CCC(=O)Nc1cncc(-c2ccc3[nH]nc(-c4cc5c(N6CCCCC6)cccc5[nH]4)c3n2)c1. The van der Waals surface area contributed by atoms with E-state index in [0.717, 1.165) is 52.3 Å². The molecular formula is C27H27N7O. The lowest BCUT2D eigenvalue weighted by Crippen LogP contribution is -2.29. The van der Waals surface area contributed by atoms with E-state index in [1.165, 1.54) is 30.3 Å². The Morgan fingerprint density at radius 2 is 1.94 bits per heavy atom. The van der Waals surface area contributed by atoms with Crippen molar-refractivity contribution in [3.8, 4) is 22.6 Å². The molecular weight excluding hydrogens is 438 g/mol. The predicted octanol–water partition coefficient (Wildman–Crippen LogP) is 5.51. The summed E-state index contributed by atoms with van der Waals surface area (Å²) in [4.78, 5) is 27.1. The summed E-state index contributed by atoms with van der Waals surface area (Å²) in [6.45, 7) is 4.02. The van der Waals surface area contributed by atoms with Crippen LogP contribution in [0.5, 0.6) is 0 Å². The lowest BCUT2D eigenvalue weighted by Gasteiger charge is -2.29. The van der Waals surface area contributed by atoms with Gasteiger partial charge in [-0.15, -0.1) is 0 Å². The van der Waals surface area contributed by atoms with Crippen LogP contribution in [0.15, 0.2) is 54.9 Å². The molecule has 0 saturated carbocycles. The molecule has 6 rings (SSSR count). The maximum Gasteiger partial charge on any atom is 0.224 e. The van der Waals surface area contributed by atoms with Gasteiger partial charge in [-0.05, 0) is 55.7 Å². The van der Waals surface area contributed by atoms with E-state index in [4.69, 9.17) is 4.98 Å². The zero-order valence-corrected chi connectivity index (χ0v) is 19.6. The number of carbonyl (C=O) groups excluding carboxylic acids is 1. The van der Waals surface area contributed by atoms with Crippen LogP contribution in [-0.2, 0) is 4.79 Å². The van der Waals surface area contributed by atoms with E-state index in [2.05, 4.69) is 54.6 Å². The number of nitrogens with one attached hydrogen (secondary N) is 3. The van der Waals surface area contributed by atoms with Gasteiger partial charge in [-0.2, -0.15) is 5.10 Å². The topological polar surface area (TPSA) is 103 Å². The van der Waals surface area contributed by atoms with Crippen LogP contribution in [0.1, 0.15) is 32.6 Å². The Labute approximate surface area is 202 Å². The predicted molar refractivity (Wildman–Crippen MR) is 139 cm³/mol. The van der Waals surface area contributed by atoms with E-state index < -0.39 is 0 Å². The molecule has 1 fully saturated rings. The number of carbonyl (C=O) groups is 1. The van der Waals surface area contributed by atoms with Crippen molar-refractivity contribution >= 4 is 39.2 Å². The second-order valence-electron chi connectivity index (χ2n) is 9.00. The van der Waals surface area contributed by atoms with Gasteiger partial charge < -0.3 is 15.2 Å². The summed E-state index contributed by atoms with van der Waals surface area (Å²) in [7, 11) is 0. The maximum absolute atomic E-state index is 11.8. The Morgan fingerprint density at radius 1 is 1.06 bits per heavy atom. The molecule has 176 valence electrons. The highest BCUT2D eigenvalue weighted by Gasteiger charge is 2.18. The fourth-order valence-electron chi connectivity index (χ4n) is 4.82. The van der Waals surface area contributed by atoms with E-state index in [9.17, 15) is 4.79 Å². The molecule has 0 spiro atoms. The highest BCUT2D eigenvalue weighted by atomic mass is 16.1. The smallest absolute Gasteiger partial charge is 0.224 e. The molecule has 0 unspecified atom stereocenters. The zero-order valence-electron chi connectivity index (χ0n) is 19.6. The summed E-state index contributed by atoms with van der Waals surface area (Å²) in [6, 6.07) is 14.4. The van der Waals surface area contributed by atoms with Crippen molar-refractivity contribution in [1.82, 2.24) is 25.1 Å². The van der Waals surface area contributed by atoms with Crippen molar-refractivity contribution in [3.63, 3.8) is 0 Å².